The van der Waals surface area contributed by atoms with Gasteiger partial charge in [0, 0.05) is 30.6 Å². The first-order chi connectivity index (χ1) is 10.6. The molecule has 22 heavy (non-hydrogen) atoms. The van der Waals surface area contributed by atoms with Crippen molar-refractivity contribution in [1.29, 1.82) is 0 Å². The molecule has 2 rings (SSSR count). The van der Waals surface area contributed by atoms with Crippen molar-refractivity contribution in [1.82, 2.24) is 5.32 Å². The highest BCUT2D eigenvalue weighted by molar-refractivity contribution is 5.97. The number of aryl methyl sites for hydroxylation is 1. The summed E-state index contributed by atoms with van der Waals surface area (Å²) in [5, 5.41) is 5.61. The molecule has 2 N–H and O–H groups in total. The lowest BCUT2D eigenvalue weighted by atomic mass is 10.0. The minimum absolute atomic E-state index is 0.0127. The Morgan fingerprint density at radius 1 is 1.32 bits per heavy atom. The molecule has 1 aromatic carbocycles. The molecule has 0 aliphatic carbocycles. The van der Waals surface area contributed by atoms with Crippen LogP contribution in [0.3, 0.4) is 0 Å². The molecule has 0 saturated carbocycles. The predicted octanol–water partition coefficient (Wildman–Crippen LogP) is 1.64. The number of hydrogen-bond acceptors (Lipinski definition) is 4. The number of methoxy groups -OCH3 is 1. The van der Waals surface area contributed by atoms with Gasteiger partial charge in [-0.2, -0.15) is 0 Å². The highest BCUT2D eigenvalue weighted by Gasteiger charge is 2.15. The minimum Gasteiger partial charge on any atom is -0.469 e. The fourth-order valence-corrected chi connectivity index (χ4v) is 2.35. The molecule has 6 heteroatoms. The van der Waals surface area contributed by atoms with Crippen LogP contribution in [0.15, 0.2) is 18.2 Å². The Morgan fingerprint density at radius 3 is 2.91 bits per heavy atom. The average Bonchev–Trinajstić information content (AvgIpc) is 2.70. The van der Waals surface area contributed by atoms with Crippen molar-refractivity contribution in [3.8, 4) is 0 Å². The number of nitrogens with one attached hydrogen (secondary N) is 2. The van der Waals surface area contributed by atoms with Gasteiger partial charge < -0.3 is 15.4 Å². The third-order valence-corrected chi connectivity index (χ3v) is 3.56. The second-order valence-electron chi connectivity index (χ2n) is 5.21. The van der Waals surface area contributed by atoms with E-state index in [0.29, 0.717) is 24.9 Å². The Bertz CT molecular complexity index is 584. The van der Waals surface area contributed by atoms with Gasteiger partial charge in [0.05, 0.1) is 7.11 Å². The molecule has 1 heterocycles. The molecule has 0 atom stereocenters. The summed E-state index contributed by atoms with van der Waals surface area (Å²) < 4.78 is 4.54. The van der Waals surface area contributed by atoms with Gasteiger partial charge in [-0.1, -0.05) is 0 Å². The molecule has 1 aromatic rings. The maximum atomic E-state index is 12.1. The monoisotopic (exact) mass is 304 g/mol. The third kappa shape index (κ3) is 4.31. The Kier molecular flexibility index (Phi) is 5.52. The van der Waals surface area contributed by atoms with Gasteiger partial charge in [0.25, 0.3) is 5.91 Å². The van der Waals surface area contributed by atoms with E-state index in [-0.39, 0.29) is 24.2 Å². The van der Waals surface area contributed by atoms with Crippen LogP contribution in [-0.2, 0) is 20.7 Å². The number of carbonyl (C=O) groups is 3. The van der Waals surface area contributed by atoms with Crippen LogP contribution in [0.1, 0.15) is 41.6 Å². The van der Waals surface area contributed by atoms with Crippen LogP contribution in [0, 0.1) is 0 Å². The molecule has 2 amide bonds. The van der Waals surface area contributed by atoms with Crippen molar-refractivity contribution in [2.24, 2.45) is 0 Å². The van der Waals surface area contributed by atoms with Crippen LogP contribution < -0.4 is 10.6 Å². The Labute approximate surface area is 129 Å². The van der Waals surface area contributed by atoms with Gasteiger partial charge in [0.15, 0.2) is 0 Å². The number of carbonyl (C=O) groups excluding carboxylic acids is 3. The predicted molar refractivity (Wildman–Crippen MR) is 81.6 cm³/mol. The van der Waals surface area contributed by atoms with Crippen LogP contribution in [0.25, 0.3) is 0 Å². The molecule has 0 radical (unpaired) electrons. The van der Waals surface area contributed by atoms with Crippen molar-refractivity contribution in [3.05, 3.63) is 29.3 Å². The Hall–Kier alpha value is -2.37. The zero-order chi connectivity index (χ0) is 15.9. The van der Waals surface area contributed by atoms with E-state index in [1.165, 1.54) is 7.11 Å². The molecular formula is C16H20N2O4. The lowest BCUT2D eigenvalue weighted by Crippen LogP contribution is -2.25. The van der Waals surface area contributed by atoms with Crippen LogP contribution in [0.4, 0.5) is 5.69 Å². The summed E-state index contributed by atoms with van der Waals surface area (Å²) in [4.78, 5) is 34.5. The maximum absolute atomic E-state index is 12.1. The first kappa shape index (κ1) is 16.0. The molecule has 0 saturated heterocycles. The first-order valence-electron chi connectivity index (χ1n) is 7.38. The highest BCUT2D eigenvalue weighted by Crippen LogP contribution is 2.23. The van der Waals surface area contributed by atoms with Crippen LogP contribution in [-0.4, -0.2) is 31.4 Å². The quantitative estimate of drug-likeness (QED) is 0.640. The van der Waals surface area contributed by atoms with Gasteiger partial charge in [-0.3, -0.25) is 14.4 Å². The molecular weight excluding hydrogens is 284 g/mol. The van der Waals surface area contributed by atoms with Gasteiger partial charge in [0.1, 0.15) is 0 Å². The number of benzene rings is 1. The molecule has 1 aliphatic heterocycles. The van der Waals surface area contributed by atoms with Gasteiger partial charge in [-0.25, -0.2) is 0 Å². The summed E-state index contributed by atoms with van der Waals surface area (Å²) in [6.45, 7) is 0.418. The van der Waals surface area contributed by atoms with Crippen molar-refractivity contribution < 1.29 is 19.1 Å². The smallest absolute Gasteiger partial charge is 0.305 e. The maximum Gasteiger partial charge on any atom is 0.305 e. The number of esters is 1. The fourth-order valence-electron chi connectivity index (χ4n) is 2.35. The summed E-state index contributed by atoms with van der Waals surface area (Å²) in [6, 6.07) is 5.28. The normalized spacial score (nSPS) is 13.6. The van der Waals surface area contributed by atoms with Crippen molar-refractivity contribution >= 4 is 23.5 Å². The standard InChI is InChI=1S/C16H20N2O4/c1-22-15(20)6-3-9-17-16(21)12-7-8-13-11(10-12)4-2-5-14(19)18-13/h7-8,10H,2-6,9H2,1H3,(H,17,21)(H,18,19). The zero-order valence-electron chi connectivity index (χ0n) is 12.6. The second kappa shape index (κ2) is 7.59. The van der Waals surface area contributed by atoms with Crippen LogP contribution >= 0.6 is 0 Å². The molecule has 118 valence electrons. The summed E-state index contributed by atoms with van der Waals surface area (Å²) in [7, 11) is 1.34. The molecule has 0 unspecified atom stereocenters. The summed E-state index contributed by atoms with van der Waals surface area (Å²) in [5.74, 6) is -0.447. The van der Waals surface area contributed by atoms with E-state index in [0.717, 1.165) is 24.1 Å². The number of rotatable bonds is 5. The molecule has 6 nitrogen and oxygen atoms in total. The van der Waals surface area contributed by atoms with E-state index < -0.39 is 0 Å². The lowest BCUT2D eigenvalue weighted by molar-refractivity contribution is -0.140. The number of anilines is 1. The van der Waals surface area contributed by atoms with Crippen LogP contribution in [0.5, 0.6) is 0 Å². The van der Waals surface area contributed by atoms with Gasteiger partial charge in [-0.05, 0) is 43.0 Å². The van der Waals surface area contributed by atoms with Crippen molar-refractivity contribution in [2.75, 3.05) is 19.0 Å². The van der Waals surface area contributed by atoms with E-state index in [9.17, 15) is 14.4 Å². The molecule has 0 aromatic heterocycles. The van der Waals surface area contributed by atoms with Crippen molar-refractivity contribution in [2.45, 2.75) is 32.1 Å². The van der Waals surface area contributed by atoms with Gasteiger partial charge >= 0.3 is 5.97 Å². The molecule has 0 spiro atoms. The molecule has 1 aliphatic rings. The topological polar surface area (TPSA) is 84.5 Å². The number of ether oxygens (including phenoxy) is 1. The van der Waals surface area contributed by atoms with E-state index in [2.05, 4.69) is 15.4 Å². The van der Waals surface area contributed by atoms with E-state index in [4.69, 9.17) is 0 Å². The van der Waals surface area contributed by atoms with E-state index >= 15 is 0 Å². The number of amides is 2. The van der Waals surface area contributed by atoms with E-state index in [1.807, 2.05) is 6.07 Å². The SMILES string of the molecule is COC(=O)CCCNC(=O)c1ccc2c(c1)CCCC(=O)N2. The first-order valence-corrected chi connectivity index (χ1v) is 7.38. The summed E-state index contributed by atoms with van der Waals surface area (Å²) in [5.41, 5.74) is 2.32. The molecule has 0 fully saturated rings. The highest BCUT2D eigenvalue weighted by atomic mass is 16.5. The zero-order valence-corrected chi connectivity index (χ0v) is 12.6. The third-order valence-electron chi connectivity index (χ3n) is 3.56. The Morgan fingerprint density at radius 2 is 2.14 bits per heavy atom. The Balaban J connectivity index is 1.92. The summed E-state index contributed by atoms with van der Waals surface area (Å²) >= 11 is 0. The molecule has 0 bridgehead atoms. The number of fused-ring (bicyclic) bond motifs is 1. The van der Waals surface area contributed by atoms with Crippen molar-refractivity contribution in [3.63, 3.8) is 0 Å². The van der Waals surface area contributed by atoms with E-state index in [1.54, 1.807) is 12.1 Å². The number of hydrogen-bond donors (Lipinski definition) is 2. The average molecular weight is 304 g/mol. The lowest BCUT2D eigenvalue weighted by Gasteiger charge is -2.10. The second-order valence-corrected chi connectivity index (χ2v) is 5.21. The largest absolute Gasteiger partial charge is 0.469 e. The van der Waals surface area contributed by atoms with Gasteiger partial charge in [-0.15, -0.1) is 0 Å². The van der Waals surface area contributed by atoms with Crippen LogP contribution in [0.2, 0.25) is 0 Å². The van der Waals surface area contributed by atoms with Gasteiger partial charge in [0.2, 0.25) is 5.91 Å². The summed E-state index contributed by atoms with van der Waals surface area (Å²) in [6.07, 6.45) is 2.89. The minimum atomic E-state index is -0.282. The fraction of sp³-hybridized carbons (Fsp3) is 0.438.